The largest absolute Gasteiger partial charge is 0.370 e. The fourth-order valence-electron chi connectivity index (χ4n) is 3.10. The molecule has 2 atom stereocenters. The van der Waals surface area contributed by atoms with Crippen LogP contribution in [0.5, 0.6) is 0 Å². The molecule has 1 heterocycles. The van der Waals surface area contributed by atoms with Crippen molar-refractivity contribution in [2.45, 2.75) is 46.7 Å². The zero-order chi connectivity index (χ0) is 14.7. The minimum absolute atomic E-state index is 0.525. The minimum Gasteiger partial charge on any atom is -0.370 e. The van der Waals surface area contributed by atoms with Gasteiger partial charge in [0, 0.05) is 30.1 Å². The number of nitrogens with one attached hydrogen (secondary N) is 1. The Morgan fingerprint density at radius 2 is 1.90 bits per heavy atom. The van der Waals surface area contributed by atoms with E-state index in [1.165, 1.54) is 35.2 Å². The highest BCUT2D eigenvalue weighted by atomic mass is 79.9. The molecule has 1 saturated heterocycles. The number of halogens is 1. The maximum Gasteiger partial charge on any atom is 0.0511 e. The average molecular weight is 339 g/mol. The highest BCUT2D eigenvalue weighted by Crippen LogP contribution is 2.32. The van der Waals surface area contributed by atoms with Gasteiger partial charge in [-0.15, -0.1) is 0 Å². The summed E-state index contributed by atoms with van der Waals surface area (Å²) in [7, 11) is 0. The molecular weight excluding hydrogens is 312 g/mol. The van der Waals surface area contributed by atoms with Crippen molar-refractivity contribution in [2.75, 3.05) is 18.0 Å². The molecule has 2 nitrogen and oxygen atoms in total. The highest BCUT2D eigenvalue weighted by Gasteiger charge is 2.23. The second kappa shape index (κ2) is 6.95. The Labute approximate surface area is 132 Å². The van der Waals surface area contributed by atoms with Gasteiger partial charge in [0.25, 0.3) is 0 Å². The topological polar surface area (TPSA) is 15.3 Å². The maximum absolute atomic E-state index is 3.76. The summed E-state index contributed by atoms with van der Waals surface area (Å²) in [6, 6.07) is 7.30. The van der Waals surface area contributed by atoms with Crippen LogP contribution in [0.15, 0.2) is 22.7 Å². The summed E-state index contributed by atoms with van der Waals surface area (Å²) in [5.41, 5.74) is 2.68. The van der Waals surface area contributed by atoms with Crippen LogP contribution < -0.4 is 10.2 Å². The third-order valence-electron chi connectivity index (χ3n) is 3.94. The molecule has 0 amide bonds. The van der Waals surface area contributed by atoms with E-state index in [-0.39, 0.29) is 0 Å². The van der Waals surface area contributed by atoms with Gasteiger partial charge in [0.1, 0.15) is 0 Å². The summed E-state index contributed by atoms with van der Waals surface area (Å²) in [5.74, 6) is 1.57. The van der Waals surface area contributed by atoms with Crippen LogP contribution >= 0.6 is 15.9 Å². The lowest BCUT2D eigenvalue weighted by molar-refractivity contribution is 0.356. The average Bonchev–Trinajstić information content (AvgIpc) is 2.35. The Balaban J connectivity index is 2.09. The van der Waals surface area contributed by atoms with Crippen molar-refractivity contribution in [2.24, 2.45) is 11.8 Å². The molecule has 1 aromatic rings. The van der Waals surface area contributed by atoms with Crippen LogP contribution in [0.25, 0.3) is 0 Å². The molecule has 112 valence electrons. The first kappa shape index (κ1) is 15.8. The smallest absolute Gasteiger partial charge is 0.0511 e. The predicted octanol–water partition coefficient (Wildman–Crippen LogP) is 4.43. The summed E-state index contributed by atoms with van der Waals surface area (Å²) >= 11 is 3.76. The first-order chi connectivity index (χ1) is 9.45. The Morgan fingerprint density at radius 1 is 1.25 bits per heavy atom. The number of piperidine rings is 1. The highest BCUT2D eigenvalue weighted by molar-refractivity contribution is 9.10. The Hall–Kier alpha value is -0.540. The predicted molar refractivity (Wildman–Crippen MR) is 91.3 cm³/mol. The zero-order valence-electron chi connectivity index (χ0n) is 13.1. The van der Waals surface area contributed by atoms with E-state index in [0.29, 0.717) is 6.04 Å². The Kier molecular flexibility index (Phi) is 5.50. The van der Waals surface area contributed by atoms with E-state index in [1.807, 2.05) is 0 Å². The number of rotatable bonds is 4. The van der Waals surface area contributed by atoms with Gasteiger partial charge in [-0.05, 0) is 51.9 Å². The standard InChI is InChI=1S/C17H27BrN2/c1-12(2)19-9-15-5-6-17(16(18)8-15)20-10-13(3)7-14(4)11-20/h5-6,8,12-14,19H,7,9-11H2,1-4H3. The molecule has 1 N–H and O–H groups in total. The van der Waals surface area contributed by atoms with E-state index in [9.17, 15) is 0 Å². The van der Waals surface area contributed by atoms with Crippen LogP contribution in [-0.2, 0) is 6.54 Å². The summed E-state index contributed by atoms with van der Waals surface area (Å²) in [5, 5.41) is 3.47. The number of anilines is 1. The molecule has 0 aromatic heterocycles. The molecule has 20 heavy (non-hydrogen) atoms. The molecule has 0 spiro atoms. The molecule has 1 aliphatic heterocycles. The fraction of sp³-hybridized carbons (Fsp3) is 0.647. The normalized spacial score (nSPS) is 23.4. The van der Waals surface area contributed by atoms with Crippen molar-refractivity contribution in [1.82, 2.24) is 5.32 Å². The Morgan fingerprint density at radius 3 is 2.45 bits per heavy atom. The van der Waals surface area contributed by atoms with Gasteiger partial charge < -0.3 is 10.2 Å². The van der Waals surface area contributed by atoms with Gasteiger partial charge in [-0.1, -0.05) is 33.8 Å². The van der Waals surface area contributed by atoms with Crippen LogP contribution in [0.3, 0.4) is 0 Å². The van der Waals surface area contributed by atoms with E-state index in [0.717, 1.165) is 18.4 Å². The summed E-state index contributed by atoms with van der Waals surface area (Å²) in [4.78, 5) is 2.53. The molecule has 2 unspecified atom stereocenters. The molecule has 1 fully saturated rings. The Bertz CT molecular complexity index is 435. The van der Waals surface area contributed by atoms with Gasteiger partial charge in [-0.25, -0.2) is 0 Å². The van der Waals surface area contributed by atoms with Crippen LogP contribution in [0.2, 0.25) is 0 Å². The molecule has 0 bridgehead atoms. The van der Waals surface area contributed by atoms with Crippen molar-refractivity contribution >= 4 is 21.6 Å². The first-order valence-corrected chi connectivity index (χ1v) is 8.51. The van der Waals surface area contributed by atoms with E-state index in [4.69, 9.17) is 0 Å². The van der Waals surface area contributed by atoms with Gasteiger partial charge in [0.15, 0.2) is 0 Å². The van der Waals surface area contributed by atoms with Crippen LogP contribution in [0, 0.1) is 11.8 Å². The molecule has 3 heteroatoms. The van der Waals surface area contributed by atoms with Gasteiger partial charge in [0.2, 0.25) is 0 Å². The summed E-state index contributed by atoms with van der Waals surface area (Å²) in [6.45, 7) is 12.4. The SMILES string of the molecule is CC1CC(C)CN(c2ccc(CNC(C)C)cc2Br)C1. The molecule has 1 aromatic carbocycles. The van der Waals surface area contributed by atoms with Gasteiger partial charge in [-0.3, -0.25) is 0 Å². The van der Waals surface area contributed by atoms with Crippen molar-refractivity contribution in [1.29, 1.82) is 0 Å². The monoisotopic (exact) mass is 338 g/mol. The van der Waals surface area contributed by atoms with Crippen LogP contribution in [-0.4, -0.2) is 19.1 Å². The third-order valence-corrected chi connectivity index (χ3v) is 4.57. The first-order valence-electron chi connectivity index (χ1n) is 7.72. The second-order valence-corrected chi connectivity index (χ2v) is 7.53. The van der Waals surface area contributed by atoms with Crippen molar-refractivity contribution in [3.05, 3.63) is 28.2 Å². The molecule has 0 radical (unpaired) electrons. The van der Waals surface area contributed by atoms with Crippen molar-refractivity contribution in [3.63, 3.8) is 0 Å². The lowest BCUT2D eigenvalue weighted by Crippen LogP contribution is -2.38. The number of benzene rings is 1. The van der Waals surface area contributed by atoms with Gasteiger partial charge >= 0.3 is 0 Å². The van der Waals surface area contributed by atoms with Crippen LogP contribution in [0.4, 0.5) is 5.69 Å². The van der Waals surface area contributed by atoms with E-state index >= 15 is 0 Å². The molecular formula is C17H27BrN2. The van der Waals surface area contributed by atoms with E-state index in [1.54, 1.807) is 0 Å². The second-order valence-electron chi connectivity index (χ2n) is 6.67. The van der Waals surface area contributed by atoms with Gasteiger partial charge in [-0.2, -0.15) is 0 Å². The van der Waals surface area contributed by atoms with Crippen LogP contribution in [0.1, 0.15) is 39.7 Å². The summed E-state index contributed by atoms with van der Waals surface area (Å²) < 4.78 is 1.22. The van der Waals surface area contributed by atoms with E-state index < -0.39 is 0 Å². The number of hydrogen-bond donors (Lipinski definition) is 1. The van der Waals surface area contributed by atoms with E-state index in [2.05, 4.69) is 72.0 Å². The minimum atomic E-state index is 0.525. The molecule has 0 saturated carbocycles. The zero-order valence-corrected chi connectivity index (χ0v) is 14.7. The number of nitrogens with zero attached hydrogens (tertiary/aromatic N) is 1. The molecule has 2 rings (SSSR count). The number of hydrogen-bond acceptors (Lipinski definition) is 2. The molecule has 1 aliphatic rings. The fourth-order valence-corrected chi connectivity index (χ4v) is 3.78. The lowest BCUT2D eigenvalue weighted by Gasteiger charge is -2.37. The third kappa shape index (κ3) is 4.23. The maximum atomic E-state index is 3.76. The van der Waals surface area contributed by atoms with Crippen molar-refractivity contribution < 1.29 is 0 Å². The van der Waals surface area contributed by atoms with Gasteiger partial charge in [0.05, 0.1) is 5.69 Å². The molecule has 0 aliphatic carbocycles. The lowest BCUT2D eigenvalue weighted by atomic mass is 9.91. The summed E-state index contributed by atoms with van der Waals surface area (Å²) in [6.07, 6.45) is 1.35. The van der Waals surface area contributed by atoms with Crippen molar-refractivity contribution in [3.8, 4) is 0 Å². The quantitative estimate of drug-likeness (QED) is 0.873.